The third-order valence-electron chi connectivity index (χ3n) is 2.96. The number of ether oxygens (including phenoxy) is 1. The van der Waals surface area contributed by atoms with Gasteiger partial charge in [-0.25, -0.2) is 0 Å². The third kappa shape index (κ3) is 3.20. The molecular formula is C15H17BrN2O. The fourth-order valence-electron chi connectivity index (χ4n) is 1.87. The Morgan fingerprint density at radius 1 is 1.16 bits per heavy atom. The summed E-state index contributed by atoms with van der Waals surface area (Å²) >= 11 is 3.40. The van der Waals surface area contributed by atoms with Gasteiger partial charge in [0, 0.05) is 4.47 Å². The van der Waals surface area contributed by atoms with Gasteiger partial charge >= 0.3 is 0 Å². The number of aryl methyl sites for hydroxylation is 1. The molecule has 3 nitrogen and oxygen atoms in total. The van der Waals surface area contributed by atoms with Crippen LogP contribution in [-0.2, 0) is 6.42 Å². The van der Waals surface area contributed by atoms with E-state index in [1.165, 1.54) is 5.56 Å². The molecule has 0 amide bonds. The Bertz CT molecular complexity index is 584. The van der Waals surface area contributed by atoms with E-state index in [4.69, 9.17) is 10.5 Å². The predicted molar refractivity (Wildman–Crippen MR) is 84.2 cm³/mol. The molecular weight excluding hydrogens is 304 g/mol. The van der Waals surface area contributed by atoms with Gasteiger partial charge in [-0.3, -0.25) is 0 Å². The average molecular weight is 321 g/mol. The van der Waals surface area contributed by atoms with Crippen molar-refractivity contribution in [1.82, 2.24) is 0 Å². The maximum Gasteiger partial charge on any atom is 0.142 e. The van der Waals surface area contributed by atoms with E-state index in [2.05, 4.69) is 40.3 Å². The normalized spacial score (nSPS) is 10.3. The summed E-state index contributed by atoms with van der Waals surface area (Å²) < 4.78 is 6.33. The van der Waals surface area contributed by atoms with Gasteiger partial charge in [-0.1, -0.05) is 28.9 Å². The third-order valence-corrected chi connectivity index (χ3v) is 3.45. The molecule has 0 aromatic heterocycles. The van der Waals surface area contributed by atoms with Crippen molar-refractivity contribution in [1.29, 1.82) is 0 Å². The van der Waals surface area contributed by atoms with Gasteiger partial charge in [0.25, 0.3) is 0 Å². The summed E-state index contributed by atoms with van der Waals surface area (Å²) in [5.74, 6) is 0.805. The highest BCUT2D eigenvalue weighted by molar-refractivity contribution is 9.10. The van der Waals surface area contributed by atoms with E-state index in [9.17, 15) is 0 Å². The molecule has 0 bridgehead atoms. The van der Waals surface area contributed by atoms with Crippen LogP contribution in [0.2, 0.25) is 0 Å². The lowest BCUT2D eigenvalue weighted by atomic mass is 10.1. The van der Waals surface area contributed by atoms with E-state index in [0.29, 0.717) is 5.69 Å². The minimum Gasteiger partial charge on any atom is -0.495 e. The summed E-state index contributed by atoms with van der Waals surface area (Å²) in [5.41, 5.74) is 9.74. The minimum absolute atomic E-state index is 0.693. The van der Waals surface area contributed by atoms with Gasteiger partial charge in [0.05, 0.1) is 24.2 Å². The van der Waals surface area contributed by atoms with Gasteiger partial charge in [-0.05, 0) is 42.3 Å². The Morgan fingerprint density at radius 2 is 1.95 bits per heavy atom. The zero-order chi connectivity index (χ0) is 13.8. The van der Waals surface area contributed by atoms with Crippen LogP contribution < -0.4 is 15.8 Å². The second kappa shape index (κ2) is 5.97. The molecule has 100 valence electrons. The van der Waals surface area contributed by atoms with Crippen molar-refractivity contribution in [2.75, 3.05) is 18.2 Å². The minimum atomic E-state index is 0.693. The Kier molecular flexibility index (Phi) is 4.32. The van der Waals surface area contributed by atoms with Gasteiger partial charge < -0.3 is 15.8 Å². The van der Waals surface area contributed by atoms with Crippen molar-refractivity contribution in [3.8, 4) is 5.75 Å². The maximum absolute atomic E-state index is 6.00. The topological polar surface area (TPSA) is 47.3 Å². The highest BCUT2D eigenvalue weighted by atomic mass is 79.9. The molecule has 0 aliphatic rings. The number of nitrogen functional groups attached to an aromatic ring is 1. The molecule has 0 spiro atoms. The molecule has 3 N–H and O–H groups in total. The van der Waals surface area contributed by atoms with E-state index in [1.54, 1.807) is 7.11 Å². The van der Waals surface area contributed by atoms with Crippen LogP contribution in [0.1, 0.15) is 12.5 Å². The van der Waals surface area contributed by atoms with E-state index < -0.39 is 0 Å². The molecule has 2 rings (SSSR count). The van der Waals surface area contributed by atoms with Crippen molar-refractivity contribution in [2.24, 2.45) is 0 Å². The predicted octanol–water partition coefficient (Wildman–Crippen LogP) is 4.35. The van der Waals surface area contributed by atoms with Gasteiger partial charge in [-0.2, -0.15) is 0 Å². The van der Waals surface area contributed by atoms with Gasteiger partial charge in [0.2, 0.25) is 0 Å². The molecule has 0 saturated heterocycles. The molecule has 0 heterocycles. The number of nitrogens with one attached hydrogen (secondary N) is 1. The number of methoxy groups -OCH3 is 1. The summed E-state index contributed by atoms with van der Waals surface area (Å²) in [6, 6.07) is 11.9. The second-order valence-electron chi connectivity index (χ2n) is 4.24. The van der Waals surface area contributed by atoms with Crippen molar-refractivity contribution in [2.45, 2.75) is 13.3 Å². The van der Waals surface area contributed by atoms with Gasteiger partial charge in [0.15, 0.2) is 0 Å². The van der Waals surface area contributed by atoms with E-state index in [0.717, 1.165) is 28.0 Å². The number of hydrogen-bond donors (Lipinski definition) is 2. The summed E-state index contributed by atoms with van der Waals surface area (Å²) in [6.45, 7) is 2.12. The number of rotatable bonds is 4. The summed E-state index contributed by atoms with van der Waals surface area (Å²) in [6.07, 6.45) is 0.981. The molecule has 0 saturated carbocycles. The quantitative estimate of drug-likeness (QED) is 0.823. The van der Waals surface area contributed by atoms with E-state index >= 15 is 0 Å². The second-order valence-corrected chi connectivity index (χ2v) is 5.16. The first kappa shape index (κ1) is 13.7. The molecule has 0 fully saturated rings. The highest BCUT2D eigenvalue weighted by Crippen LogP contribution is 2.32. The molecule has 19 heavy (non-hydrogen) atoms. The van der Waals surface area contributed by atoms with E-state index in [-0.39, 0.29) is 0 Å². The fraction of sp³-hybridized carbons (Fsp3) is 0.200. The van der Waals surface area contributed by atoms with Gasteiger partial charge in [0.1, 0.15) is 5.75 Å². The lowest BCUT2D eigenvalue weighted by Gasteiger charge is -2.14. The zero-order valence-corrected chi connectivity index (χ0v) is 12.6. The van der Waals surface area contributed by atoms with Crippen molar-refractivity contribution >= 4 is 33.0 Å². The molecule has 0 unspecified atom stereocenters. The Morgan fingerprint density at radius 3 is 2.58 bits per heavy atom. The fourth-order valence-corrected chi connectivity index (χ4v) is 2.24. The first-order valence-corrected chi connectivity index (χ1v) is 6.92. The number of nitrogens with two attached hydrogens (primary N) is 1. The molecule has 4 heteroatoms. The van der Waals surface area contributed by atoms with Crippen LogP contribution in [0.3, 0.4) is 0 Å². The van der Waals surface area contributed by atoms with E-state index in [1.807, 2.05) is 24.3 Å². The Labute approximate surface area is 121 Å². The molecule has 0 aliphatic carbocycles. The Hall–Kier alpha value is -1.68. The van der Waals surface area contributed by atoms with Gasteiger partial charge in [-0.15, -0.1) is 0 Å². The molecule has 2 aromatic carbocycles. The summed E-state index contributed by atoms with van der Waals surface area (Å²) in [5, 5.41) is 3.32. The number of halogens is 1. The van der Waals surface area contributed by atoms with Crippen LogP contribution >= 0.6 is 15.9 Å². The van der Waals surface area contributed by atoms with Crippen molar-refractivity contribution in [3.05, 3.63) is 46.4 Å². The lowest BCUT2D eigenvalue weighted by molar-refractivity contribution is 0.416. The molecule has 0 aliphatic heterocycles. The first-order chi connectivity index (χ1) is 9.13. The van der Waals surface area contributed by atoms with Crippen molar-refractivity contribution < 1.29 is 4.74 Å². The lowest BCUT2D eigenvalue weighted by Crippen LogP contribution is -1.99. The molecule has 2 aromatic rings. The molecule has 0 atom stereocenters. The monoisotopic (exact) mass is 320 g/mol. The number of benzene rings is 2. The number of hydrogen-bond acceptors (Lipinski definition) is 3. The summed E-state index contributed by atoms with van der Waals surface area (Å²) in [4.78, 5) is 0. The SMILES string of the molecule is CCc1ccc(OC)c(Nc2ccc(Br)cc2N)c1. The molecule has 0 radical (unpaired) electrons. The largest absolute Gasteiger partial charge is 0.495 e. The zero-order valence-electron chi connectivity index (χ0n) is 11.0. The van der Waals surface area contributed by atoms with Crippen LogP contribution in [0.4, 0.5) is 17.1 Å². The van der Waals surface area contributed by atoms with Crippen LogP contribution in [0.5, 0.6) is 5.75 Å². The maximum atomic E-state index is 6.00. The van der Waals surface area contributed by atoms with Crippen LogP contribution in [-0.4, -0.2) is 7.11 Å². The van der Waals surface area contributed by atoms with Crippen LogP contribution in [0, 0.1) is 0 Å². The Balaban J connectivity index is 2.36. The van der Waals surface area contributed by atoms with Crippen LogP contribution in [0.25, 0.3) is 0 Å². The highest BCUT2D eigenvalue weighted by Gasteiger charge is 2.06. The van der Waals surface area contributed by atoms with Crippen molar-refractivity contribution in [3.63, 3.8) is 0 Å². The standard InChI is InChI=1S/C15H17BrN2O/c1-3-10-4-7-15(19-2)14(8-10)18-13-6-5-11(16)9-12(13)17/h4-9,18H,3,17H2,1-2H3. The first-order valence-electron chi connectivity index (χ1n) is 6.13. The average Bonchev–Trinajstić information content (AvgIpc) is 2.41. The number of anilines is 3. The summed E-state index contributed by atoms with van der Waals surface area (Å²) in [7, 11) is 1.66. The smallest absolute Gasteiger partial charge is 0.142 e. The van der Waals surface area contributed by atoms with Crippen LogP contribution in [0.15, 0.2) is 40.9 Å².